The molecule has 0 fully saturated rings. The van der Waals surface area contributed by atoms with Crippen molar-refractivity contribution in [2.75, 3.05) is 5.75 Å². The molecule has 0 aromatic heterocycles. The second-order valence-electron chi connectivity index (χ2n) is 6.33. The highest BCUT2D eigenvalue weighted by atomic mass is 32.2. The zero-order valence-electron chi connectivity index (χ0n) is 16.0. The zero-order chi connectivity index (χ0) is 20.2. The maximum absolute atomic E-state index is 12.9. The van der Waals surface area contributed by atoms with Crippen molar-refractivity contribution in [1.29, 1.82) is 0 Å². The van der Waals surface area contributed by atoms with E-state index in [4.69, 9.17) is 12.8 Å². The van der Waals surface area contributed by atoms with E-state index in [1.807, 2.05) is 0 Å². The molecule has 1 aromatic carbocycles. The number of rotatable bonds is 10. The number of aryl methyl sites for hydroxylation is 1. The summed E-state index contributed by atoms with van der Waals surface area (Å²) in [6.07, 6.45) is 1.14. The fourth-order valence-electron chi connectivity index (χ4n) is 2.69. The van der Waals surface area contributed by atoms with Crippen molar-refractivity contribution in [2.45, 2.75) is 57.2 Å². The van der Waals surface area contributed by atoms with Gasteiger partial charge < -0.3 is 11.5 Å². The van der Waals surface area contributed by atoms with E-state index < -0.39 is 38.0 Å². The predicted octanol–water partition coefficient (Wildman–Crippen LogP) is 1.74. The van der Waals surface area contributed by atoms with Crippen molar-refractivity contribution in [3.63, 3.8) is 0 Å². The maximum Gasteiger partial charge on any atom is 0.246 e. The van der Waals surface area contributed by atoms with E-state index in [-0.39, 0.29) is 18.4 Å². The Morgan fingerprint density at radius 1 is 1.24 bits per heavy atom. The summed E-state index contributed by atoms with van der Waals surface area (Å²) in [5.41, 5.74) is 9.75. The van der Waals surface area contributed by atoms with Crippen molar-refractivity contribution in [3.05, 3.63) is 35.4 Å². The number of hydrogen-bond donors (Lipinski definition) is 2. The standard InChI is InChI=1S/C18H28N2O4S/c1-4-7-15(8-5-2)25(23,24)12-18(20,17(19)22)16(21)14-10-6-9-13(3)11-14/h6,9-11,15H,4-5,7-8,12,20H2,1-3H3,(H2,19,22)/t18-/m1/s1/i15D. The quantitative estimate of drug-likeness (QED) is 0.481. The number of carbonyl (C=O) groups excluding carboxylic acids is 2. The van der Waals surface area contributed by atoms with Crippen LogP contribution in [-0.4, -0.2) is 36.6 Å². The lowest BCUT2D eigenvalue weighted by Crippen LogP contribution is -2.63. The van der Waals surface area contributed by atoms with Crippen LogP contribution in [0.25, 0.3) is 0 Å². The third-order valence-corrected chi connectivity index (χ3v) is 6.16. The first kappa shape index (κ1) is 19.6. The number of nitrogens with two attached hydrogens (primary N) is 2. The SMILES string of the molecule is [2H]C(CCC)(CCC)S(=O)(=O)C[C@](N)(C(N)=O)C(=O)c1cccc(C)c1. The van der Waals surface area contributed by atoms with Crippen LogP contribution in [0.4, 0.5) is 0 Å². The molecule has 0 unspecified atom stereocenters. The maximum atomic E-state index is 12.9. The number of carbonyl (C=O) groups is 2. The van der Waals surface area contributed by atoms with Crippen molar-refractivity contribution in [1.82, 2.24) is 0 Å². The summed E-state index contributed by atoms with van der Waals surface area (Å²) in [5.74, 6) is -3.05. The molecule has 0 aliphatic rings. The highest BCUT2D eigenvalue weighted by molar-refractivity contribution is 7.92. The minimum atomic E-state index is -4.19. The van der Waals surface area contributed by atoms with Gasteiger partial charge in [0.15, 0.2) is 21.2 Å². The van der Waals surface area contributed by atoms with Gasteiger partial charge in [0.05, 0.1) is 11.0 Å². The molecule has 1 rings (SSSR count). The molecule has 7 heteroatoms. The Balaban J connectivity index is 3.36. The van der Waals surface area contributed by atoms with Gasteiger partial charge >= 0.3 is 0 Å². The second-order valence-corrected chi connectivity index (χ2v) is 8.43. The van der Waals surface area contributed by atoms with Crippen LogP contribution in [0.2, 0.25) is 0 Å². The molecule has 0 spiro atoms. The third-order valence-electron chi connectivity index (χ3n) is 4.04. The van der Waals surface area contributed by atoms with Gasteiger partial charge in [0.25, 0.3) is 0 Å². The normalized spacial score (nSPS) is 15.3. The van der Waals surface area contributed by atoms with Crippen LogP contribution >= 0.6 is 0 Å². The van der Waals surface area contributed by atoms with Gasteiger partial charge in [-0.1, -0.05) is 50.5 Å². The lowest BCUT2D eigenvalue weighted by molar-refractivity contribution is -0.120. The summed E-state index contributed by atoms with van der Waals surface area (Å²) in [6, 6.07) is 6.35. The minimum absolute atomic E-state index is 0.0939. The van der Waals surface area contributed by atoms with Crippen LogP contribution < -0.4 is 11.5 Å². The molecule has 25 heavy (non-hydrogen) atoms. The lowest BCUT2D eigenvalue weighted by atomic mass is 9.91. The van der Waals surface area contributed by atoms with Crippen molar-refractivity contribution < 1.29 is 19.4 Å². The van der Waals surface area contributed by atoms with Gasteiger partial charge in [-0.25, -0.2) is 8.42 Å². The van der Waals surface area contributed by atoms with Crippen molar-refractivity contribution in [2.24, 2.45) is 11.5 Å². The highest BCUT2D eigenvalue weighted by Crippen LogP contribution is 2.22. The number of hydrogen-bond acceptors (Lipinski definition) is 5. The first-order valence-electron chi connectivity index (χ1n) is 8.86. The molecule has 1 amide bonds. The van der Waals surface area contributed by atoms with Gasteiger partial charge in [0, 0.05) is 6.93 Å². The van der Waals surface area contributed by atoms with Gasteiger partial charge in [0.1, 0.15) is 0 Å². The molecule has 0 saturated carbocycles. The molecule has 4 N–H and O–H groups in total. The Labute approximate surface area is 151 Å². The van der Waals surface area contributed by atoms with Gasteiger partial charge in [0.2, 0.25) is 5.91 Å². The molecule has 1 atom stereocenters. The Morgan fingerprint density at radius 3 is 2.24 bits per heavy atom. The smallest absolute Gasteiger partial charge is 0.246 e. The molecule has 1 aromatic rings. The minimum Gasteiger partial charge on any atom is -0.368 e. The molecule has 0 heterocycles. The molecular weight excluding hydrogens is 340 g/mol. The summed E-state index contributed by atoms with van der Waals surface area (Å²) >= 11 is 0. The van der Waals surface area contributed by atoms with E-state index in [1.165, 1.54) is 12.1 Å². The van der Waals surface area contributed by atoms with E-state index in [1.54, 1.807) is 32.9 Å². The van der Waals surface area contributed by atoms with E-state index in [9.17, 15) is 18.0 Å². The molecule has 0 radical (unpaired) electrons. The zero-order valence-corrected chi connectivity index (χ0v) is 15.9. The van der Waals surface area contributed by atoms with Gasteiger partial charge in [-0.3, -0.25) is 9.59 Å². The van der Waals surface area contributed by atoms with Crippen molar-refractivity contribution in [3.8, 4) is 0 Å². The monoisotopic (exact) mass is 369 g/mol. The summed E-state index contributed by atoms with van der Waals surface area (Å²) in [7, 11) is -4.19. The molecule has 140 valence electrons. The molecule has 0 aliphatic heterocycles. The van der Waals surface area contributed by atoms with Crippen LogP contribution in [0.3, 0.4) is 0 Å². The van der Waals surface area contributed by atoms with Gasteiger partial charge in [-0.05, 0) is 25.8 Å². The Kier molecular flexibility index (Phi) is 6.72. The Morgan fingerprint density at radius 2 is 1.80 bits per heavy atom. The Hall–Kier alpha value is -1.73. The lowest BCUT2D eigenvalue weighted by Gasteiger charge is -2.27. The van der Waals surface area contributed by atoms with Crippen LogP contribution in [0, 0.1) is 6.92 Å². The summed E-state index contributed by atoms with van der Waals surface area (Å²) in [6.45, 7) is 5.31. The second kappa shape index (κ2) is 8.58. The first-order valence-corrected chi connectivity index (χ1v) is 10.0. The van der Waals surface area contributed by atoms with E-state index in [2.05, 4.69) is 0 Å². The van der Waals surface area contributed by atoms with Crippen LogP contribution in [-0.2, 0) is 14.6 Å². The first-order chi connectivity index (χ1) is 11.9. The van der Waals surface area contributed by atoms with Crippen molar-refractivity contribution >= 4 is 21.5 Å². The molecule has 0 bridgehead atoms. The average molecular weight is 370 g/mol. The summed E-state index contributed by atoms with van der Waals surface area (Å²) < 4.78 is 34.3. The van der Waals surface area contributed by atoms with Crippen LogP contribution in [0.15, 0.2) is 24.3 Å². The molecule has 0 saturated heterocycles. The Bertz CT molecular complexity index is 773. The number of primary amides is 1. The largest absolute Gasteiger partial charge is 0.368 e. The topological polar surface area (TPSA) is 120 Å². The van der Waals surface area contributed by atoms with Crippen LogP contribution in [0.1, 0.15) is 56.8 Å². The highest BCUT2D eigenvalue weighted by Gasteiger charge is 2.46. The van der Waals surface area contributed by atoms with Gasteiger partial charge in [-0.2, -0.15) is 0 Å². The number of Topliss-reactive ketones (excluding diaryl/α,β-unsaturated/α-hetero) is 1. The molecule has 0 aliphatic carbocycles. The van der Waals surface area contributed by atoms with E-state index >= 15 is 0 Å². The number of amides is 1. The average Bonchev–Trinajstić information content (AvgIpc) is 2.53. The number of benzene rings is 1. The predicted molar refractivity (Wildman–Crippen MR) is 99.0 cm³/mol. The van der Waals surface area contributed by atoms with E-state index in [0.29, 0.717) is 12.8 Å². The summed E-state index contributed by atoms with van der Waals surface area (Å²) in [5, 5.41) is -1.80. The van der Waals surface area contributed by atoms with E-state index in [0.717, 1.165) is 5.56 Å². The van der Waals surface area contributed by atoms with Gasteiger partial charge in [-0.15, -0.1) is 0 Å². The third kappa shape index (κ3) is 5.12. The number of ketones is 1. The van der Waals surface area contributed by atoms with Crippen LogP contribution in [0.5, 0.6) is 0 Å². The fourth-order valence-corrected chi connectivity index (χ4v) is 4.80. The number of sulfone groups is 1. The molecule has 6 nitrogen and oxygen atoms in total. The molecular formula is C18H28N2O4S. The summed E-state index contributed by atoms with van der Waals surface area (Å²) in [4.78, 5) is 24.8. The fraction of sp³-hybridized carbons (Fsp3) is 0.556.